The van der Waals surface area contributed by atoms with E-state index in [0.29, 0.717) is 54.5 Å². The lowest BCUT2D eigenvalue weighted by atomic mass is 9.98. The molecule has 1 unspecified atom stereocenters. The van der Waals surface area contributed by atoms with Crippen LogP contribution in [-0.4, -0.2) is 51.9 Å². The van der Waals surface area contributed by atoms with Gasteiger partial charge < -0.3 is 10.2 Å². The molecule has 0 bridgehead atoms. The van der Waals surface area contributed by atoms with Crippen molar-refractivity contribution in [3.63, 3.8) is 0 Å². The van der Waals surface area contributed by atoms with Crippen LogP contribution < -0.4 is 0 Å². The second-order valence-electron chi connectivity index (χ2n) is 6.22. The minimum absolute atomic E-state index is 0.0231. The minimum Gasteiger partial charge on any atom is -0.508 e. The number of hydrazine groups is 1. The lowest BCUT2D eigenvalue weighted by molar-refractivity contribution is -0.149. The summed E-state index contributed by atoms with van der Waals surface area (Å²) in [6.45, 7) is 2.10. The average molecular weight is 359 g/mol. The molecule has 0 aromatic heterocycles. The van der Waals surface area contributed by atoms with Gasteiger partial charge in [-0.3, -0.25) is 9.80 Å². The summed E-state index contributed by atoms with van der Waals surface area (Å²) < 4.78 is 0. The molecule has 0 saturated carbocycles. The molecule has 2 aliphatic heterocycles. The van der Waals surface area contributed by atoms with Crippen LogP contribution in [-0.2, 0) is 11.2 Å². The van der Waals surface area contributed by atoms with Crippen molar-refractivity contribution in [1.29, 1.82) is 0 Å². The van der Waals surface area contributed by atoms with E-state index in [1.54, 1.807) is 5.01 Å². The van der Waals surface area contributed by atoms with Crippen LogP contribution >= 0.6 is 23.2 Å². The zero-order valence-electron chi connectivity index (χ0n) is 12.7. The fourth-order valence-electron chi connectivity index (χ4n) is 3.32. The van der Waals surface area contributed by atoms with Gasteiger partial charge in [0.2, 0.25) is 5.91 Å². The monoisotopic (exact) mass is 358 g/mol. The van der Waals surface area contributed by atoms with Crippen LogP contribution in [0.5, 0.6) is 5.75 Å². The Morgan fingerprint density at radius 3 is 2.30 bits per heavy atom. The highest BCUT2D eigenvalue weighted by Crippen LogP contribution is 2.34. The number of benzene rings is 1. The number of halogens is 2. The Morgan fingerprint density at radius 2 is 1.70 bits per heavy atom. The van der Waals surface area contributed by atoms with Crippen LogP contribution in [0.4, 0.5) is 0 Å². The van der Waals surface area contributed by atoms with Gasteiger partial charge >= 0.3 is 0 Å². The molecular formula is C16H20Cl2N2O3. The Labute approximate surface area is 145 Å². The number of aliphatic hydroxyl groups excluding tert-OH is 1. The second-order valence-corrected chi connectivity index (χ2v) is 7.04. The molecular weight excluding hydrogens is 339 g/mol. The molecule has 1 aromatic carbocycles. The maximum absolute atomic E-state index is 12.7. The molecule has 2 saturated heterocycles. The standard InChI is InChI=1S/C16H20Cl2N2O3/c17-14-8-12(22)9-15(18)13(14)7-10-1-6-20(16(10)23)19-4-2-11(21)3-5-19/h8-11,21-22H,1-7H2. The van der Waals surface area contributed by atoms with Gasteiger partial charge in [-0.15, -0.1) is 0 Å². The molecule has 7 heteroatoms. The van der Waals surface area contributed by atoms with Crippen molar-refractivity contribution in [2.24, 2.45) is 5.92 Å². The number of nitrogens with zero attached hydrogens (tertiary/aromatic N) is 2. The summed E-state index contributed by atoms with van der Waals surface area (Å²) in [6.07, 6.45) is 2.37. The van der Waals surface area contributed by atoms with Gasteiger partial charge in [-0.25, -0.2) is 5.01 Å². The molecule has 2 aliphatic rings. The highest BCUT2D eigenvalue weighted by molar-refractivity contribution is 6.36. The summed E-state index contributed by atoms with van der Waals surface area (Å²) in [7, 11) is 0. The number of hydrogen-bond acceptors (Lipinski definition) is 4. The van der Waals surface area contributed by atoms with E-state index >= 15 is 0 Å². The predicted octanol–water partition coefficient (Wildman–Crippen LogP) is 2.46. The molecule has 23 heavy (non-hydrogen) atoms. The number of carbonyl (C=O) groups excluding carboxylic acids is 1. The van der Waals surface area contributed by atoms with Crippen molar-refractivity contribution in [1.82, 2.24) is 10.0 Å². The van der Waals surface area contributed by atoms with Crippen LogP contribution in [0.3, 0.4) is 0 Å². The lowest BCUT2D eigenvalue weighted by Crippen LogP contribution is -2.49. The van der Waals surface area contributed by atoms with Crippen LogP contribution in [0.2, 0.25) is 10.0 Å². The number of phenols is 1. The quantitative estimate of drug-likeness (QED) is 0.870. The Balaban J connectivity index is 1.68. The van der Waals surface area contributed by atoms with Crippen molar-refractivity contribution in [3.05, 3.63) is 27.7 Å². The first-order valence-corrected chi connectivity index (χ1v) is 8.62. The molecule has 0 radical (unpaired) electrons. The molecule has 5 nitrogen and oxygen atoms in total. The number of hydrogen-bond donors (Lipinski definition) is 2. The van der Waals surface area contributed by atoms with Crippen LogP contribution in [0, 0.1) is 5.92 Å². The predicted molar refractivity (Wildman–Crippen MR) is 88.5 cm³/mol. The van der Waals surface area contributed by atoms with Gasteiger partial charge in [0.25, 0.3) is 0 Å². The lowest BCUT2D eigenvalue weighted by Gasteiger charge is -2.36. The van der Waals surface area contributed by atoms with E-state index in [-0.39, 0.29) is 23.7 Å². The molecule has 126 valence electrons. The third kappa shape index (κ3) is 3.58. The molecule has 2 N–H and O–H groups in total. The summed E-state index contributed by atoms with van der Waals surface area (Å²) in [6, 6.07) is 2.90. The van der Waals surface area contributed by atoms with Crippen molar-refractivity contribution in [3.8, 4) is 5.75 Å². The smallest absolute Gasteiger partial charge is 0.240 e. The van der Waals surface area contributed by atoms with Gasteiger partial charge in [-0.05, 0) is 43.4 Å². The average Bonchev–Trinajstić information content (AvgIpc) is 2.85. The molecule has 1 atom stereocenters. The molecule has 2 fully saturated rings. The topological polar surface area (TPSA) is 64.0 Å². The largest absolute Gasteiger partial charge is 0.508 e. The fourth-order valence-corrected chi connectivity index (χ4v) is 3.95. The summed E-state index contributed by atoms with van der Waals surface area (Å²) in [4.78, 5) is 12.7. The first-order valence-electron chi connectivity index (χ1n) is 7.87. The maximum Gasteiger partial charge on any atom is 0.240 e. The third-order valence-electron chi connectivity index (χ3n) is 4.65. The Hall–Kier alpha value is -1.01. The molecule has 0 aliphatic carbocycles. The SMILES string of the molecule is O=C1C(Cc2c(Cl)cc(O)cc2Cl)CCN1N1CCC(O)CC1. The number of aromatic hydroxyl groups is 1. The van der Waals surface area contributed by atoms with E-state index < -0.39 is 0 Å². The highest BCUT2D eigenvalue weighted by atomic mass is 35.5. The summed E-state index contributed by atoms with van der Waals surface area (Å²) >= 11 is 12.3. The van der Waals surface area contributed by atoms with Crippen molar-refractivity contribution in [2.45, 2.75) is 31.8 Å². The maximum atomic E-state index is 12.7. The third-order valence-corrected chi connectivity index (χ3v) is 5.33. The Kier molecular flexibility index (Phi) is 5.01. The normalized spacial score (nSPS) is 23.7. The van der Waals surface area contributed by atoms with Gasteiger partial charge in [0.15, 0.2) is 0 Å². The van der Waals surface area contributed by atoms with Crippen LogP contribution in [0.25, 0.3) is 0 Å². The minimum atomic E-state index is -0.255. The molecule has 0 spiro atoms. The van der Waals surface area contributed by atoms with E-state index in [4.69, 9.17) is 23.2 Å². The number of rotatable bonds is 3. The fraction of sp³-hybridized carbons (Fsp3) is 0.562. The second kappa shape index (κ2) is 6.85. The van der Waals surface area contributed by atoms with E-state index in [1.165, 1.54) is 12.1 Å². The van der Waals surface area contributed by atoms with E-state index in [0.717, 1.165) is 6.42 Å². The van der Waals surface area contributed by atoms with Crippen LogP contribution in [0.1, 0.15) is 24.8 Å². The number of phenolic OH excluding ortho intramolecular Hbond substituents is 1. The van der Waals surface area contributed by atoms with Crippen molar-refractivity contribution < 1.29 is 15.0 Å². The number of piperidine rings is 1. The van der Waals surface area contributed by atoms with E-state index in [9.17, 15) is 15.0 Å². The first kappa shape index (κ1) is 16.8. The van der Waals surface area contributed by atoms with E-state index in [1.807, 2.05) is 5.01 Å². The summed E-state index contributed by atoms with van der Waals surface area (Å²) in [5.74, 6) is -0.0435. The zero-order valence-corrected chi connectivity index (χ0v) is 14.2. The summed E-state index contributed by atoms with van der Waals surface area (Å²) in [5, 5.41) is 23.7. The van der Waals surface area contributed by atoms with Gasteiger partial charge in [-0.1, -0.05) is 23.2 Å². The van der Waals surface area contributed by atoms with Crippen LogP contribution in [0.15, 0.2) is 12.1 Å². The first-order chi connectivity index (χ1) is 11.0. The highest BCUT2D eigenvalue weighted by Gasteiger charge is 2.36. The van der Waals surface area contributed by atoms with Gasteiger partial charge in [0.05, 0.1) is 6.10 Å². The molecule has 3 rings (SSSR count). The van der Waals surface area contributed by atoms with Crippen molar-refractivity contribution >= 4 is 29.1 Å². The Morgan fingerprint density at radius 1 is 1.09 bits per heavy atom. The van der Waals surface area contributed by atoms with E-state index in [2.05, 4.69) is 0 Å². The molecule has 1 amide bonds. The van der Waals surface area contributed by atoms with Crippen molar-refractivity contribution in [2.75, 3.05) is 19.6 Å². The van der Waals surface area contributed by atoms with Gasteiger partial charge in [-0.2, -0.15) is 0 Å². The number of amides is 1. The zero-order chi connectivity index (χ0) is 16.6. The molecule has 2 heterocycles. The molecule has 1 aromatic rings. The number of carbonyl (C=O) groups is 1. The summed E-state index contributed by atoms with van der Waals surface area (Å²) in [5.41, 5.74) is 0.709. The van der Waals surface area contributed by atoms with Gasteiger partial charge in [0, 0.05) is 35.6 Å². The Bertz CT molecular complexity index is 580. The number of aliphatic hydroxyl groups is 1. The van der Waals surface area contributed by atoms with Gasteiger partial charge in [0.1, 0.15) is 5.75 Å².